The van der Waals surface area contributed by atoms with Crippen LogP contribution in [0.4, 0.5) is 4.39 Å². The lowest BCUT2D eigenvalue weighted by Crippen LogP contribution is -2.15. The normalized spacial score (nSPS) is 17.9. The van der Waals surface area contributed by atoms with Crippen molar-refractivity contribution in [1.82, 2.24) is 0 Å². The summed E-state index contributed by atoms with van der Waals surface area (Å²) >= 11 is 4.26. The molecule has 1 aromatic rings. The summed E-state index contributed by atoms with van der Waals surface area (Å²) < 4.78 is 18.6. The highest BCUT2D eigenvalue weighted by Gasteiger charge is 2.42. The zero-order valence-corrected chi connectivity index (χ0v) is 8.77. The number of hydrogen-bond donors (Lipinski definition) is 1. The smallest absolute Gasteiger partial charge is 0.165 e. The van der Waals surface area contributed by atoms with Crippen LogP contribution in [0.15, 0.2) is 24.3 Å². The molecule has 1 fully saturated rings. The predicted octanol–water partition coefficient (Wildman–Crippen LogP) is 2.91. The molecule has 14 heavy (non-hydrogen) atoms. The summed E-state index contributed by atoms with van der Waals surface area (Å²) in [5.74, 6) is 0.879. The van der Waals surface area contributed by atoms with Gasteiger partial charge in [-0.3, -0.25) is 0 Å². The van der Waals surface area contributed by atoms with Crippen molar-refractivity contribution in [2.24, 2.45) is 5.41 Å². The van der Waals surface area contributed by atoms with Gasteiger partial charge in [0.1, 0.15) is 0 Å². The fourth-order valence-corrected chi connectivity index (χ4v) is 1.73. The number of benzene rings is 1. The molecule has 0 radical (unpaired) electrons. The van der Waals surface area contributed by atoms with Crippen molar-refractivity contribution in [3.05, 3.63) is 30.1 Å². The van der Waals surface area contributed by atoms with E-state index in [1.54, 1.807) is 18.2 Å². The Bertz CT molecular complexity index is 323. The lowest BCUT2D eigenvalue weighted by Gasteiger charge is -2.13. The van der Waals surface area contributed by atoms with E-state index in [9.17, 15) is 4.39 Å². The molecule has 1 aromatic carbocycles. The summed E-state index contributed by atoms with van der Waals surface area (Å²) in [5, 5.41) is 0. The Morgan fingerprint density at radius 1 is 1.36 bits per heavy atom. The molecule has 0 unspecified atom stereocenters. The van der Waals surface area contributed by atoms with E-state index in [0.717, 1.165) is 18.6 Å². The minimum absolute atomic E-state index is 0.214. The molecule has 0 bridgehead atoms. The van der Waals surface area contributed by atoms with Crippen LogP contribution >= 0.6 is 12.6 Å². The molecule has 0 aliphatic heterocycles. The summed E-state index contributed by atoms with van der Waals surface area (Å²) in [6.07, 6.45) is 2.29. The van der Waals surface area contributed by atoms with Crippen molar-refractivity contribution in [3.63, 3.8) is 0 Å². The van der Waals surface area contributed by atoms with E-state index >= 15 is 0 Å². The number of thiol groups is 1. The zero-order valence-electron chi connectivity index (χ0n) is 7.87. The van der Waals surface area contributed by atoms with E-state index in [0.29, 0.717) is 12.4 Å². The topological polar surface area (TPSA) is 9.23 Å². The van der Waals surface area contributed by atoms with Crippen LogP contribution in [0.3, 0.4) is 0 Å². The van der Waals surface area contributed by atoms with E-state index in [2.05, 4.69) is 12.6 Å². The van der Waals surface area contributed by atoms with Gasteiger partial charge in [-0.15, -0.1) is 0 Å². The molecule has 0 amide bonds. The molecule has 0 spiro atoms. The molecule has 0 heterocycles. The Hall–Kier alpha value is -0.700. The van der Waals surface area contributed by atoms with Crippen LogP contribution in [0.25, 0.3) is 0 Å². The first-order valence-corrected chi connectivity index (χ1v) is 5.37. The first-order chi connectivity index (χ1) is 6.76. The summed E-state index contributed by atoms with van der Waals surface area (Å²) in [6.45, 7) is 0.581. The molecule has 76 valence electrons. The molecule has 3 heteroatoms. The largest absolute Gasteiger partial charge is 0.490 e. The number of rotatable bonds is 4. The van der Waals surface area contributed by atoms with Crippen molar-refractivity contribution in [2.45, 2.75) is 12.8 Å². The molecule has 0 saturated heterocycles. The van der Waals surface area contributed by atoms with Crippen molar-refractivity contribution in [1.29, 1.82) is 0 Å². The van der Waals surface area contributed by atoms with Crippen molar-refractivity contribution in [2.75, 3.05) is 12.4 Å². The number of halogens is 1. The maximum Gasteiger partial charge on any atom is 0.165 e. The monoisotopic (exact) mass is 212 g/mol. The van der Waals surface area contributed by atoms with Crippen LogP contribution in [0.1, 0.15) is 12.8 Å². The van der Waals surface area contributed by atoms with Gasteiger partial charge in [0.2, 0.25) is 0 Å². The quantitative estimate of drug-likeness (QED) is 0.755. The molecule has 1 aliphatic carbocycles. The van der Waals surface area contributed by atoms with Gasteiger partial charge in [-0.1, -0.05) is 12.1 Å². The Labute approximate surface area is 88.7 Å². The van der Waals surface area contributed by atoms with Crippen LogP contribution in [0, 0.1) is 11.2 Å². The molecule has 1 nitrogen and oxygen atoms in total. The van der Waals surface area contributed by atoms with Gasteiger partial charge in [0, 0.05) is 5.41 Å². The van der Waals surface area contributed by atoms with Gasteiger partial charge in [0.25, 0.3) is 0 Å². The summed E-state index contributed by atoms with van der Waals surface area (Å²) in [4.78, 5) is 0. The molecular weight excluding hydrogens is 199 g/mol. The highest BCUT2D eigenvalue weighted by molar-refractivity contribution is 7.80. The van der Waals surface area contributed by atoms with Crippen LogP contribution in [0.2, 0.25) is 0 Å². The Morgan fingerprint density at radius 2 is 2.07 bits per heavy atom. The molecule has 2 rings (SSSR count). The molecule has 1 saturated carbocycles. The lowest BCUT2D eigenvalue weighted by molar-refractivity contribution is 0.240. The first-order valence-electron chi connectivity index (χ1n) is 4.74. The maximum atomic E-state index is 13.1. The minimum atomic E-state index is -0.289. The number of hydrogen-bond acceptors (Lipinski definition) is 2. The zero-order chi connectivity index (χ0) is 10.0. The third-order valence-corrected chi connectivity index (χ3v) is 3.33. The van der Waals surface area contributed by atoms with Crippen LogP contribution < -0.4 is 4.74 Å². The molecule has 0 aromatic heterocycles. The molecular formula is C11H13FOS. The fourth-order valence-electron chi connectivity index (χ4n) is 1.32. The average Bonchev–Trinajstić information content (AvgIpc) is 2.98. The SMILES string of the molecule is Fc1ccccc1OCC1(CS)CC1. The van der Waals surface area contributed by atoms with Gasteiger partial charge < -0.3 is 4.74 Å². The molecule has 1 aliphatic rings. The van der Waals surface area contributed by atoms with Gasteiger partial charge in [-0.25, -0.2) is 4.39 Å². The van der Waals surface area contributed by atoms with Gasteiger partial charge in [0.15, 0.2) is 11.6 Å². The van der Waals surface area contributed by atoms with Crippen molar-refractivity contribution < 1.29 is 9.13 Å². The highest BCUT2D eigenvalue weighted by Crippen LogP contribution is 2.46. The lowest BCUT2D eigenvalue weighted by atomic mass is 10.2. The molecule has 0 atom stereocenters. The average molecular weight is 212 g/mol. The van der Waals surface area contributed by atoms with Crippen LogP contribution in [-0.4, -0.2) is 12.4 Å². The van der Waals surface area contributed by atoms with E-state index in [4.69, 9.17) is 4.74 Å². The van der Waals surface area contributed by atoms with Gasteiger partial charge in [-0.2, -0.15) is 12.6 Å². The third kappa shape index (κ3) is 2.03. The molecule has 0 N–H and O–H groups in total. The highest BCUT2D eigenvalue weighted by atomic mass is 32.1. The van der Waals surface area contributed by atoms with Gasteiger partial charge in [0.05, 0.1) is 6.61 Å². The second-order valence-corrected chi connectivity index (χ2v) is 4.19. The third-order valence-electron chi connectivity index (χ3n) is 2.66. The van der Waals surface area contributed by atoms with E-state index in [1.165, 1.54) is 6.07 Å². The minimum Gasteiger partial charge on any atom is -0.490 e. The number of ether oxygens (including phenoxy) is 1. The summed E-state index contributed by atoms with van der Waals surface area (Å²) in [6, 6.07) is 6.51. The van der Waals surface area contributed by atoms with Crippen molar-refractivity contribution >= 4 is 12.6 Å². The van der Waals surface area contributed by atoms with E-state index in [-0.39, 0.29) is 11.2 Å². The Morgan fingerprint density at radius 3 is 2.64 bits per heavy atom. The predicted molar refractivity (Wildman–Crippen MR) is 57.4 cm³/mol. The van der Waals surface area contributed by atoms with Crippen LogP contribution in [0.5, 0.6) is 5.75 Å². The maximum absolute atomic E-state index is 13.1. The number of para-hydroxylation sites is 1. The second-order valence-electron chi connectivity index (χ2n) is 3.88. The van der Waals surface area contributed by atoms with Crippen LogP contribution in [-0.2, 0) is 0 Å². The summed E-state index contributed by atoms with van der Waals surface area (Å²) in [7, 11) is 0. The fraction of sp³-hybridized carbons (Fsp3) is 0.455. The first kappa shape index (κ1) is 9.84. The van der Waals surface area contributed by atoms with Crippen molar-refractivity contribution in [3.8, 4) is 5.75 Å². The van der Waals surface area contributed by atoms with Gasteiger partial charge >= 0.3 is 0 Å². The summed E-state index contributed by atoms with van der Waals surface area (Å²) in [5.41, 5.74) is 0.214. The Kier molecular flexibility index (Phi) is 2.68. The second kappa shape index (κ2) is 3.81. The Balaban J connectivity index is 1.95. The van der Waals surface area contributed by atoms with E-state index in [1.807, 2.05) is 0 Å². The van der Waals surface area contributed by atoms with Gasteiger partial charge in [-0.05, 0) is 30.7 Å². The standard InChI is InChI=1S/C11H13FOS/c12-9-3-1-2-4-10(9)13-7-11(8-14)5-6-11/h1-4,14H,5-8H2. The van der Waals surface area contributed by atoms with E-state index < -0.39 is 0 Å².